The minimum Gasteiger partial charge on any atom is -0.350 e. The van der Waals surface area contributed by atoms with Crippen molar-refractivity contribution < 1.29 is 4.79 Å². The van der Waals surface area contributed by atoms with Gasteiger partial charge in [0.1, 0.15) is 0 Å². The highest BCUT2D eigenvalue weighted by atomic mass is 16.2. The fourth-order valence-electron chi connectivity index (χ4n) is 2.76. The summed E-state index contributed by atoms with van der Waals surface area (Å²) >= 11 is 0. The molecule has 0 aromatic rings. The minimum absolute atomic E-state index is 0.0106. The van der Waals surface area contributed by atoms with Gasteiger partial charge in [-0.3, -0.25) is 4.79 Å². The van der Waals surface area contributed by atoms with Gasteiger partial charge >= 0.3 is 0 Å². The monoisotopic (exact) mass is 240 g/mol. The summed E-state index contributed by atoms with van der Waals surface area (Å²) in [5.74, 6) is 0.446. The van der Waals surface area contributed by atoms with Gasteiger partial charge in [0.2, 0.25) is 5.91 Å². The van der Waals surface area contributed by atoms with E-state index in [2.05, 4.69) is 26.1 Å². The summed E-state index contributed by atoms with van der Waals surface area (Å²) in [6, 6.07) is 0.312. The predicted molar refractivity (Wildman–Crippen MR) is 71.7 cm³/mol. The van der Waals surface area contributed by atoms with Gasteiger partial charge in [-0.2, -0.15) is 0 Å². The zero-order valence-electron chi connectivity index (χ0n) is 11.6. The van der Waals surface area contributed by atoms with Gasteiger partial charge in [-0.05, 0) is 44.9 Å². The molecule has 0 heterocycles. The average Bonchev–Trinajstić information content (AvgIpc) is 2.37. The van der Waals surface area contributed by atoms with Gasteiger partial charge in [-0.1, -0.05) is 20.8 Å². The van der Waals surface area contributed by atoms with Crippen LogP contribution in [0.4, 0.5) is 0 Å². The van der Waals surface area contributed by atoms with Crippen molar-refractivity contribution in [2.24, 2.45) is 11.7 Å². The van der Waals surface area contributed by atoms with E-state index >= 15 is 0 Å². The number of carbonyl (C=O) groups excluding carboxylic acids is 1. The SMILES string of the molecule is CCC(CC)(CC)NC(=O)C1CCC(N)CC1. The van der Waals surface area contributed by atoms with Crippen molar-refractivity contribution in [3.63, 3.8) is 0 Å². The van der Waals surface area contributed by atoms with E-state index in [1.165, 1.54) is 0 Å². The molecule has 1 rings (SSSR count). The van der Waals surface area contributed by atoms with Crippen LogP contribution in [0.25, 0.3) is 0 Å². The quantitative estimate of drug-likeness (QED) is 0.776. The third kappa shape index (κ3) is 3.70. The number of nitrogens with two attached hydrogens (primary N) is 1. The Labute approximate surface area is 106 Å². The van der Waals surface area contributed by atoms with Gasteiger partial charge in [0.25, 0.3) is 0 Å². The smallest absolute Gasteiger partial charge is 0.223 e. The first-order valence-electron chi connectivity index (χ1n) is 7.14. The van der Waals surface area contributed by atoms with Gasteiger partial charge in [0.05, 0.1) is 0 Å². The fraction of sp³-hybridized carbons (Fsp3) is 0.929. The lowest BCUT2D eigenvalue weighted by Gasteiger charge is -2.35. The van der Waals surface area contributed by atoms with E-state index < -0.39 is 0 Å². The molecule has 0 spiro atoms. The number of amides is 1. The molecule has 0 unspecified atom stereocenters. The highest BCUT2D eigenvalue weighted by Crippen LogP contribution is 2.26. The molecule has 1 fully saturated rings. The Bertz CT molecular complexity index is 232. The van der Waals surface area contributed by atoms with Crippen LogP contribution in [-0.4, -0.2) is 17.5 Å². The van der Waals surface area contributed by atoms with Crippen LogP contribution in [0.2, 0.25) is 0 Å². The van der Waals surface area contributed by atoms with Gasteiger partial charge in [-0.25, -0.2) is 0 Å². The maximum absolute atomic E-state index is 12.2. The van der Waals surface area contributed by atoms with Gasteiger partial charge in [0.15, 0.2) is 0 Å². The van der Waals surface area contributed by atoms with Crippen molar-refractivity contribution in [2.45, 2.75) is 77.3 Å². The molecule has 0 saturated heterocycles. The molecule has 3 N–H and O–H groups in total. The van der Waals surface area contributed by atoms with E-state index in [0.717, 1.165) is 44.9 Å². The van der Waals surface area contributed by atoms with Crippen molar-refractivity contribution in [2.75, 3.05) is 0 Å². The maximum atomic E-state index is 12.2. The average molecular weight is 240 g/mol. The van der Waals surface area contributed by atoms with Crippen LogP contribution in [0.3, 0.4) is 0 Å². The summed E-state index contributed by atoms with van der Waals surface area (Å²) in [5, 5.41) is 3.28. The summed E-state index contributed by atoms with van der Waals surface area (Å²) in [5.41, 5.74) is 5.88. The number of hydrogen-bond donors (Lipinski definition) is 2. The molecule has 100 valence electrons. The molecule has 1 amide bonds. The molecule has 0 atom stereocenters. The third-order valence-corrected chi connectivity index (χ3v) is 4.56. The Morgan fingerprint density at radius 1 is 1.12 bits per heavy atom. The van der Waals surface area contributed by atoms with Crippen LogP contribution in [0.15, 0.2) is 0 Å². The lowest BCUT2D eigenvalue weighted by molar-refractivity contribution is -0.128. The van der Waals surface area contributed by atoms with E-state index in [4.69, 9.17) is 5.73 Å². The molecular formula is C14H28N2O. The van der Waals surface area contributed by atoms with E-state index in [0.29, 0.717) is 6.04 Å². The molecule has 3 heteroatoms. The summed E-state index contributed by atoms with van der Waals surface area (Å²) in [6.07, 6.45) is 6.94. The van der Waals surface area contributed by atoms with E-state index in [1.807, 2.05) is 0 Å². The summed E-state index contributed by atoms with van der Waals surface area (Å²) in [6.45, 7) is 6.47. The Hall–Kier alpha value is -0.570. The van der Waals surface area contributed by atoms with E-state index in [-0.39, 0.29) is 17.4 Å². The largest absolute Gasteiger partial charge is 0.350 e. The highest BCUT2D eigenvalue weighted by Gasteiger charge is 2.31. The van der Waals surface area contributed by atoms with Crippen molar-refractivity contribution in [3.8, 4) is 0 Å². The summed E-state index contributed by atoms with van der Waals surface area (Å²) < 4.78 is 0. The third-order valence-electron chi connectivity index (χ3n) is 4.56. The maximum Gasteiger partial charge on any atom is 0.223 e. The van der Waals surface area contributed by atoms with Crippen LogP contribution in [0.5, 0.6) is 0 Å². The molecule has 1 aliphatic rings. The van der Waals surface area contributed by atoms with Gasteiger partial charge in [0, 0.05) is 17.5 Å². The molecule has 0 bridgehead atoms. The molecule has 0 aliphatic heterocycles. The topological polar surface area (TPSA) is 55.1 Å². The van der Waals surface area contributed by atoms with Crippen molar-refractivity contribution in [1.82, 2.24) is 5.32 Å². The first kappa shape index (κ1) is 14.5. The Morgan fingerprint density at radius 3 is 2.00 bits per heavy atom. The fourth-order valence-corrected chi connectivity index (χ4v) is 2.76. The number of carbonyl (C=O) groups is 1. The van der Waals surface area contributed by atoms with Crippen LogP contribution in [-0.2, 0) is 4.79 Å². The van der Waals surface area contributed by atoms with Crippen molar-refractivity contribution >= 4 is 5.91 Å². The van der Waals surface area contributed by atoms with Crippen LogP contribution >= 0.6 is 0 Å². The normalized spacial score (nSPS) is 25.6. The summed E-state index contributed by atoms with van der Waals surface area (Å²) in [4.78, 5) is 12.2. The van der Waals surface area contributed by atoms with Crippen LogP contribution < -0.4 is 11.1 Å². The molecule has 1 saturated carbocycles. The molecule has 0 radical (unpaired) electrons. The Balaban J connectivity index is 2.53. The zero-order valence-corrected chi connectivity index (χ0v) is 11.6. The Morgan fingerprint density at radius 2 is 1.59 bits per heavy atom. The van der Waals surface area contributed by atoms with Gasteiger partial charge in [-0.15, -0.1) is 0 Å². The first-order valence-corrected chi connectivity index (χ1v) is 7.14. The predicted octanol–water partition coefficient (Wildman–Crippen LogP) is 2.59. The van der Waals surface area contributed by atoms with Gasteiger partial charge < -0.3 is 11.1 Å². The Kier molecular flexibility index (Phi) is 5.44. The van der Waals surface area contributed by atoms with E-state index in [1.54, 1.807) is 0 Å². The second kappa shape index (κ2) is 6.39. The molecule has 3 nitrogen and oxygen atoms in total. The molecule has 0 aromatic carbocycles. The summed E-state index contributed by atoms with van der Waals surface area (Å²) in [7, 11) is 0. The lowest BCUT2D eigenvalue weighted by Crippen LogP contribution is -2.50. The highest BCUT2D eigenvalue weighted by molar-refractivity contribution is 5.79. The standard InChI is InChI=1S/C14H28N2O/c1-4-14(5-2,6-3)16-13(17)11-7-9-12(15)10-8-11/h11-12H,4-10,15H2,1-3H3,(H,16,17). The minimum atomic E-state index is 0.0106. The first-order chi connectivity index (χ1) is 8.06. The molecule has 0 aromatic heterocycles. The van der Waals surface area contributed by atoms with Crippen LogP contribution in [0.1, 0.15) is 65.7 Å². The van der Waals surface area contributed by atoms with Crippen molar-refractivity contribution in [1.29, 1.82) is 0 Å². The molecular weight excluding hydrogens is 212 g/mol. The lowest BCUT2D eigenvalue weighted by atomic mass is 9.84. The molecule has 17 heavy (non-hydrogen) atoms. The van der Waals surface area contributed by atoms with E-state index in [9.17, 15) is 4.79 Å². The van der Waals surface area contributed by atoms with Crippen molar-refractivity contribution in [3.05, 3.63) is 0 Å². The second-order valence-electron chi connectivity index (χ2n) is 5.44. The zero-order chi connectivity index (χ0) is 12.9. The molecule has 1 aliphatic carbocycles. The number of rotatable bonds is 5. The second-order valence-corrected chi connectivity index (χ2v) is 5.44. The van der Waals surface area contributed by atoms with Crippen LogP contribution in [0, 0.1) is 5.92 Å². The number of hydrogen-bond acceptors (Lipinski definition) is 2. The number of nitrogens with one attached hydrogen (secondary N) is 1.